The van der Waals surface area contributed by atoms with Crippen LogP contribution >= 0.6 is 0 Å². The lowest BCUT2D eigenvalue weighted by atomic mass is 9.98. The second-order valence-electron chi connectivity index (χ2n) is 20.2. The van der Waals surface area contributed by atoms with Crippen LogP contribution in [-0.2, 0) is 14.3 Å². The minimum absolute atomic E-state index is 0.252. The van der Waals surface area contributed by atoms with E-state index in [0.717, 1.165) is 44.9 Å². The maximum atomic E-state index is 13.0. The van der Waals surface area contributed by atoms with Gasteiger partial charge in [-0.1, -0.05) is 264 Å². The summed E-state index contributed by atoms with van der Waals surface area (Å²) in [7, 11) is 0. The molecule has 1 aliphatic heterocycles. The Morgan fingerprint density at radius 3 is 1.14 bits per heavy atom. The fourth-order valence-corrected chi connectivity index (χ4v) is 9.50. The van der Waals surface area contributed by atoms with Gasteiger partial charge in [-0.25, -0.2) is 0 Å². The van der Waals surface area contributed by atoms with Crippen LogP contribution in [0.15, 0.2) is 0 Å². The van der Waals surface area contributed by atoms with Gasteiger partial charge < -0.3 is 45.4 Å². The summed E-state index contributed by atoms with van der Waals surface area (Å²) in [6.45, 7) is 3.62. The highest BCUT2D eigenvalue weighted by molar-refractivity contribution is 5.76. The largest absolute Gasteiger partial charge is 0.394 e. The standard InChI is InChI=1S/C55H109NO9/c1-3-5-7-9-11-13-15-16-17-18-19-20-21-22-23-24-25-26-27-28-29-30-31-32-33-34-36-38-40-42-44-50(59)56-47(46-64-55-54(63)53(62)52(61)49(45-57)65-55)51(60)48(58)43-41-39-37-35-14-12-10-8-6-4-2/h47-49,51-55,57-58,60-63H,3-46H2,1-2H3,(H,56,59)/t47-,48+,49+,51-,52-,53?,54?,55+/m0/s1. The molecule has 1 heterocycles. The highest BCUT2D eigenvalue weighted by Gasteiger charge is 2.44. The predicted molar refractivity (Wildman–Crippen MR) is 269 cm³/mol. The zero-order valence-corrected chi connectivity index (χ0v) is 42.6. The Labute approximate surface area is 400 Å². The highest BCUT2D eigenvalue weighted by Crippen LogP contribution is 2.23. The molecular weight excluding hydrogens is 819 g/mol. The second kappa shape index (κ2) is 45.6. The third-order valence-electron chi connectivity index (χ3n) is 14.1. The van der Waals surface area contributed by atoms with Crippen molar-refractivity contribution in [2.45, 2.75) is 332 Å². The summed E-state index contributed by atoms with van der Waals surface area (Å²) < 4.78 is 11.2. The number of hydrogen-bond acceptors (Lipinski definition) is 9. The molecule has 0 aromatic rings. The minimum atomic E-state index is -1.60. The molecule has 1 amide bonds. The fraction of sp³-hybridized carbons (Fsp3) is 0.982. The number of aliphatic hydroxyl groups excluding tert-OH is 6. The molecule has 1 aliphatic rings. The van der Waals surface area contributed by atoms with Crippen molar-refractivity contribution in [3.05, 3.63) is 0 Å². The van der Waals surface area contributed by atoms with Crippen LogP contribution in [0, 0.1) is 0 Å². The van der Waals surface area contributed by atoms with Crippen LogP contribution in [0.4, 0.5) is 0 Å². The zero-order chi connectivity index (χ0) is 47.4. The molecule has 0 saturated carbocycles. The van der Waals surface area contributed by atoms with Crippen molar-refractivity contribution in [3.63, 3.8) is 0 Å². The third kappa shape index (κ3) is 35.0. The molecule has 1 saturated heterocycles. The lowest BCUT2D eigenvalue weighted by molar-refractivity contribution is -0.303. The van der Waals surface area contributed by atoms with E-state index in [9.17, 15) is 35.4 Å². The number of nitrogens with one attached hydrogen (secondary N) is 1. The van der Waals surface area contributed by atoms with Gasteiger partial charge in [0.1, 0.15) is 30.5 Å². The zero-order valence-electron chi connectivity index (χ0n) is 42.6. The maximum absolute atomic E-state index is 13.0. The van der Waals surface area contributed by atoms with Crippen molar-refractivity contribution < 1.29 is 44.9 Å². The fourth-order valence-electron chi connectivity index (χ4n) is 9.50. The molecular formula is C55H109NO9. The van der Waals surface area contributed by atoms with Crippen molar-refractivity contribution >= 4 is 5.91 Å². The first-order valence-corrected chi connectivity index (χ1v) is 28.3. The quantitative estimate of drug-likeness (QED) is 0.0294. The second-order valence-corrected chi connectivity index (χ2v) is 20.2. The molecule has 10 heteroatoms. The average Bonchev–Trinajstić information content (AvgIpc) is 3.31. The van der Waals surface area contributed by atoms with Gasteiger partial charge in [0.25, 0.3) is 0 Å². The van der Waals surface area contributed by atoms with Crippen LogP contribution in [0.5, 0.6) is 0 Å². The van der Waals surface area contributed by atoms with Crippen LogP contribution in [-0.4, -0.2) is 98.7 Å². The maximum Gasteiger partial charge on any atom is 0.220 e. The number of hydrogen-bond donors (Lipinski definition) is 7. The van der Waals surface area contributed by atoms with Gasteiger partial charge in [-0.3, -0.25) is 4.79 Å². The Morgan fingerprint density at radius 1 is 0.477 bits per heavy atom. The molecule has 0 spiro atoms. The Bertz CT molecular complexity index is 1000. The highest BCUT2D eigenvalue weighted by atomic mass is 16.7. The average molecular weight is 928 g/mol. The molecule has 2 unspecified atom stereocenters. The van der Waals surface area contributed by atoms with E-state index in [2.05, 4.69) is 19.2 Å². The minimum Gasteiger partial charge on any atom is -0.394 e. The number of rotatable bonds is 49. The van der Waals surface area contributed by atoms with Gasteiger partial charge in [-0.2, -0.15) is 0 Å². The molecule has 388 valence electrons. The lowest BCUT2D eigenvalue weighted by Crippen LogP contribution is -2.60. The van der Waals surface area contributed by atoms with Gasteiger partial charge in [-0.15, -0.1) is 0 Å². The molecule has 0 aliphatic carbocycles. The van der Waals surface area contributed by atoms with Crippen molar-refractivity contribution in [1.82, 2.24) is 5.32 Å². The first-order valence-electron chi connectivity index (χ1n) is 28.3. The molecule has 0 aromatic carbocycles. The summed E-state index contributed by atoms with van der Waals surface area (Å²) in [4.78, 5) is 13.0. The Kier molecular flexibility index (Phi) is 43.6. The van der Waals surface area contributed by atoms with Crippen molar-refractivity contribution in [2.24, 2.45) is 0 Å². The molecule has 0 bridgehead atoms. The molecule has 10 nitrogen and oxygen atoms in total. The molecule has 1 rings (SSSR count). The summed E-state index contributed by atoms with van der Waals surface area (Å²) in [6, 6.07) is -0.985. The number of unbranched alkanes of at least 4 members (excludes halogenated alkanes) is 38. The van der Waals surface area contributed by atoms with Crippen LogP contribution in [0.1, 0.15) is 284 Å². The number of carbonyl (C=O) groups excluding carboxylic acids is 1. The number of carbonyl (C=O) groups is 1. The molecule has 1 fully saturated rings. The first-order chi connectivity index (χ1) is 31.8. The van der Waals surface area contributed by atoms with Crippen LogP contribution in [0.3, 0.4) is 0 Å². The Morgan fingerprint density at radius 2 is 0.800 bits per heavy atom. The van der Waals surface area contributed by atoms with Gasteiger partial charge in [0.2, 0.25) is 5.91 Å². The summed E-state index contributed by atoms with van der Waals surface area (Å²) >= 11 is 0. The topological polar surface area (TPSA) is 169 Å². The SMILES string of the molecule is CCCCCCCCCCCCCCCCCCCCCCCCCCCCCCCCC(=O)N[C@@H](CO[C@@H]1O[C@H](CO)[C@H](O)C(O)C1O)[C@H](O)[C@H](O)CCCCCCCCCCCC. The normalized spacial score (nSPS) is 20.3. The number of ether oxygens (including phenoxy) is 2. The van der Waals surface area contributed by atoms with Crippen LogP contribution in [0.2, 0.25) is 0 Å². The van der Waals surface area contributed by atoms with E-state index in [0.29, 0.717) is 6.42 Å². The molecule has 0 aromatic heterocycles. The molecule has 8 atom stereocenters. The summed E-state index contributed by atoms with van der Waals surface area (Å²) in [5, 5.41) is 65.3. The van der Waals surface area contributed by atoms with E-state index in [-0.39, 0.29) is 18.9 Å². The molecule has 7 N–H and O–H groups in total. The van der Waals surface area contributed by atoms with Crippen molar-refractivity contribution in [3.8, 4) is 0 Å². The van der Waals surface area contributed by atoms with E-state index in [4.69, 9.17) is 9.47 Å². The van der Waals surface area contributed by atoms with Gasteiger partial charge in [0.15, 0.2) is 6.29 Å². The third-order valence-corrected chi connectivity index (χ3v) is 14.1. The van der Waals surface area contributed by atoms with E-state index < -0.39 is 55.6 Å². The first kappa shape index (κ1) is 62.2. The Hall–Kier alpha value is -0.850. The van der Waals surface area contributed by atoms with E-state index in [1.807, 2.05) is 0 Å². The van der Waals surface area contributed by atoms with Gasteiger partial charge in [0, 0.05) is 6.42 Å². The van der Waals surface area contributed by atoms with Gasteiger partial charge >= 0.3 is 0 Å². The number of amides is 1. The van der Waals surface area contributed by atoms with E-state index in [1.165, 1.54) is 212 Å². The van der Waals surface area contributed by atoms with Gasteiger partial charge in [-0.05, 0) is 12.8 Å². The summed E-state index contributed by atoms with van der Waals surface area (Å²) in [5.74, 6) is -0.252. The summed E-state index contributed by atoms with van der Waals surface area (Å²) in [5.41, 5.74) is 0. The predicted octanol–water partition coefficient (Wildman–Crippen LogP) is 12.4. The van der Waals surface area contributed by atoms with Crippen LogP contribution < -0.4 is 5.32 Å². The van der Waals surface area contributed by atoms with Crippen LogP contribution in [0.25, 0.3) is 0 Å². The van der Waals surface area contributed by atoms with E-state index in [1.54, 1.807) is 0 Å². The summed E-state index contributed by atoms with van der Waals surface area (Å²) in [6.07, 6.45) is 43.0. The molecule has 65 heavy (non-hydrogen) atoms. The lowest BCUT2D eigenvalue weighted by Gasteiger charge is -2.40. The van der Waals surface area contributed by atoms with E-state index >= 15 is 0 Å². The number of aliphatic hydroxyl groups is 6. The smallest absolute Gasteiger partial charge is 0.220 e. The molecule has 0 radical (unpaired) electrons. The monoisotopic (exact) mass is 928 g/mol. The van der Waals surface area contributed by atoms with Gasteiger partial charge in [0.05, 0.1) is 25.4 Å². The Balaban J connectivity index is 2.13. The van der Waals surface area contributed by atoms with Crippen molar-refractivity contribution in [2.75, 3.05) is 13.2 Å². The van der Waals surface area contributed by atoms with Crippen molar-refractivity contribution in [1.29, 1.82) is 0 Å².